The number of ether oxygens (including phenoxy) is 2. The molecule has 8 heteroatoms. The minimum Gasteiger partial charge on any atom is -0.497 e. The van der Waals surface area contributed by atoms with Crippen molar-refractivity contribution < 1.29 is 27.4 Å². The smallest absolute Gasteiger partial charge is 0.226 e. The Hall–Kier alpha value is -2.90. The molecule has 2 N–H and O–H groups in total. The van der Waals surface area contributed by atoms with Crippen molar-refractivity contribution >= 4 is 17.3 Å². The molecule has 0 radical (unpaired) electrons. The van der Waals surface area contributed by atoms with E-state index in [4.69, 9.17) is 9.47 Å². The summed E-state index contributed by atoms with van der Waals surface area (Å²) < 4.78 is 49.8. The van der Waals surface area contributed by atoms with Crippen molar-refractivity contribution in [1.82, 2.24) is 0 Å². The summed E-state index contributed by atoms with van der Waals surface area (Å²) in [4.78, 5) is 11.8. The number of methoxy groups -OCH3 is 2. The maximum absolute atomic E-state index is 13.5. The Bertz CT molecular complexity index is 769. The van der Waals surface area contributed by atoms with Gasteiger partial charge >= 0.3 is 0 Å². The molecule has 0 aliphatic rings. The first-order valence-electron chi connectivity index (χ1n) is 7.35. The van der Waals surface area contributed by atoms with Gasteiger partial charge in [0, 0.05) is 19.0 Å². The van der Waals surface area contributed by atoms with Gasteiger partial charge in [-0.05, 0) is 24.3 Å². The van der Waals surface area contributed by atoms with Gasteiger partial charge in [0.1, 0.15) is 11.5 Å². The van der Waals surface area contributed by atoms with Gasteiger partial charge in [-0.3, -0.25) is 4.79 Å². The third kappa shape index (κ3) is 4.56. The zero-order valence-corrected chi connectivity index (χ0v) is 13.7. The van der Waals surface area contributed by atoms with Gasteiger partial charge in [0.25, 0.3) is 0 Å². The number of benzene rings is 2. The molecule has 2 rings (SSSR count). The van der Waals surface area contributed by atoms with Crippen LogP contribution in [0.15, 0.2) is 30.3 Å². The molecule has 2 aromatic rings. The number of rotatable bonds is 7. The highest BCUT2D eigenvalue weighted by Crippen LogP contribution is 2.28. The van der Waals surface area contributed by atoms with E-state index in [1.165, 1.54) is 14.2 Å². The van der Waals surface area contributed by atoms with Crippen molar-refractivity contribution in [2.45, 2.75) is 6.42 Å². The molecular formula is C17H17F3N2O3. The van der Waals surface area contributed by atoms with Gasteiger partial charge < -0.3 is 20.1 Å². The van der Waals surface area contributed by atoms with Gasteiger partial charge in [0.2, 0.25) is 5.91 Å². The third-order valence-corrected chi connectivity index (χ3v) is 3.38. The highest BCUT2D eigenvalue weighted by Gasteiger charge is 2.15. The number of carbonyl (C=O) groups excluding carboxylic acids is 1. The minimum absolute atomic E-state index is 0.0290. The van der Waals surface area contributed by atoms with Crippen LogP contribution in [0.3, 0.4) is 0 Å². The number of amides is 1. The van der Waals surface area contributed by atoms with E-state index in [0.29, 0.717) is 17.2 Å². The quantitative estimate of drug-likeness (QED) is 0.747. The van der Waals surface area contributed by atoms with Gasteiger partial charge in [0.15, 0.2) is 17.5 Å². The van der Waals surface area contributed by atoms with Crippen LogP contribution in [0.25, 0.3) is 0 Å². The molecule has 0 aromatic heterocycles. The predicted octanol–water partition coefficient (Wildman–Crippen LogP) is 3.56. The summed E-state index contributed by atoms with van der Waals surface area (Å²) in [7, 11) is 3.03. The van der Waals surface area contributed by atoms with Crippen LogP contribution in [-0.4, -0.2) is 26.7 Å². The van der Waals surface area contributed by atoms with E-state index in [9.17, 15) is 18.0 Å². The van der Waals surface area contributed by atoms with Crippen molar-refractivity contribution in [1.29, 1.82) is 0 Å². The summed E-state index contributed by atoms with van der Waals surface area (Å²) in [5.41, 5.74) is 0.205. The Labute approximate surface area is 142 Å². The fourth-order valence-corrected chi connectivity index (χ4v) is 2.10. The van der Waals surface area contributed by atoms with Gasteiger partial charge in [-0.2, -0.15) is 0 Å². The molecule has 0 saturated carbocycles. The lowest BCUT2D eigenvalue weighted by molar-refractivity contribution is -0.116. The summed E-state index contributed by atoms with van der Waals surface area (Å²) in [6, 6.07) is 6.84. The predicted molar refractivity (Wildman–Crippen MR) is 87.6 cm³/mol. The van der Waals surface area contributed by atoms with Gasteiger partial charge in [-0.25, -0.2) is 13.2 Å². The molecule has 25 heavy (non-hydrogen) atoms. The Kier molecular flexibility index (Phi) is 6.10. The van der Waals surface area contributed by atoms with Crippen LogP contribution in [0.5, 0.6) is 11.5 Å². The van der Waals surface area contributed by atoms with Crippen molar-refractivity contribution in [3.05, 3.63) is 47.8 Å². The van der Waals surface area contributed by atoms with E-state index >= 15 is 0 Å². The van der Waals surface area contributed by atoms with Gasteiger partial charge in [0.05, 0.1) is 25.6 Å². The molecule has 0 spiro atoms. The number of halogens is 3. The summed E-state index contributed by atoms with van der Waals surface area (Å²) in [6.07, 6.45) is -0.0290. The van der Waals surface area contributed by atoms with E-state index in [-0.39, 0.29) is 13.0 Å². The molecule has 0 aliphatic carbocycles. The summed E-state index contributed by atoms with van der Waals surface area (Å²) in [5, 5.41) is 5.20. The van der Waals surface area contributed by atoms with Crippen molar-refractivity contribution in [2.75, 3.05) is 31.4 Å². The van der Waals surface area contributed by atoms with E-state index in [1.54, 1.807) is 18.2 Å². The Balaban J connectivity index is 1.94. The van der Waals surface area contributed by atoms with Crippen molar-refractivity contribution in [3.8, 4) is 11.5 Å². The number of hydrogen-bond donors (Lipinski definition) is 2. The average molecular weight is 354 g/mol. The largest absolute Gasteiger partial charge is 0.497 e. The second-order valence-corrected chi connectivity index (χ2v) is 5.01. The van der Waals surface area contributed by atoms with Crippen LogP contribution in [0.4, 0.5) is 24.5 Å². The van der Waals surface area contributed by atoms with Crippen LogP contribution < -0.4 is 20.1 Å². The monoisotopic (exact) mass is 354 g/mol. The highest BCUT2D eigenvalue weighted by atomic mass is 19.2. The first-order chi connectivity index (χ1) is 12.0. The zero-order valence-electron chi connectivity index (χ0n) is 13.7. The lowest BCUT2D eigenvalue weighted by Crippen LogP contribution is -2.17. The first-order valence-corrected chi connectivity index (χ1v) is 7.35. The molecule has 0 unspecified atom stereocenters. The Morgan fingerprint density at radius 3 is 2.44 bits per heavy atom. The van der Waals surface area contributed by atoms with Crippen molar-refractivity contribution in [2.24, 2.45) is 0 Å². The highest BCUT2D eigenvalue weighted by molar-refractivity contribution is 5.91. The molecular weight excluding hydrogens is 337 g/mol. The maximum atomic E-state index is 13.5. The molecule has 0 saturated heterocycles. The average Bonchev–Trinajstić information content (AvgIpc) is 2.62. The number of anilines is 2. The van der Waals surface area contributed by atoms with E-state index in [1.807, 2.05) is 0 Å². The second kappa shape index (κ2) is 8.27. The fraction of sp³-hybridized carbons (Fsp3) is 0.235. The molecule has 0 aliphatic heterocycles. The molecule has 5 nitrogen and oxygen atoms in total. The van der Waals surface area contributed by atoms with Crippen LogP contribution in [0.2, 0.25) is 0 Å². The SMILES string of the molecule is COc1ccc(OC)c(NCCC(=O)Nc2ccc(F)c(F)c2F)c1. The maximum Gasteiger partial charge on any atom is 0.226 e. The molecule has 0 atom stereocenters. The molecule has 1 amide bonds. The van der Waals surface area contributed by atoms with Gasteiger partial charge in [-0.15, -0.1) is 0 Å². The van der Waals surface area contributed by atoms with E-state index in [0.717, 1.165) is 12.1 Å². The lowest BCUT2D eigenvalue weighted by Gasteiger charge is -2.13. The summed E-state index contributed by atoms with van der Waals surface area (Å²) >= 11 is 0. The second-order valence-electron chi connectivity index (χ2n) is 5.01. The molecule has 0 heterocycles. The van der Waals surface area contributed by atoms with Crippen LogP contribution in [-0.2, 0) is 4.79 Å². The topological polar surface area (TPSA) is 59.6 Å². The molecule has 0 bridgehead atoms. The number of carbonyl (C=O) groups is 1. The first kappa shape index (κ1) is 18.4. The van der Waals surface area contributed by atoms with Crippen LogP contribution in [0, 0.1) is 17.5 Å². The summed E-state index contributed by atoms with van der Waals surface area (Å²) in [6.45, 7) is 0.209. The fourth-order valence-electron chi connectivity index (χ4n) is 2.10. The molecule has 0 fully saturated rings. The molecule has 134 valence electrons. The molecule has 2 aromatic carbocycles. The van der Waals surface area contributed by atoms with E-state index in [2.05, 4.69) is 10.6 Å². The standard InChI is InChI=1S/C17H17F3N2O3/c1-24-10-3-6-14(25-2)13(9-10)21-8-7-15(23)22-12-5-4-11(18)16(19)17(12)20/h3-6,9,21H,7-8H2,1-2H3,(H,22,23). The van der Waals surface area contributed by atoms with Crippen LogP contribution >= 0.6 is 0 Å². The zero-order chi connectivity index (χ0) is 18.4. The number of hydrogen-bond acceptors (Lipinski definition) is 4. The third-order valence-electron chi connectivity index (χ3n) is 3.38. The van der Waals surface area contributed by atoms with E-state index < -0.39 is 29.0 Å². The number of nitrogens with one attached hydrogen (secondary N) is 2. The lowest BCUT2D eigenvalue weighted by atomic mass is 10.2. The van der Waals surface area contributed by atoms with Crippen LogP contribution in [0.1, 0.15) is 6.42 Å². The minimum atomic E-state index is -1.63. The Morgan fingerprint density at radius 1 is 1.00 bits per heavy atom. The normalized spacial score (nSPS) is 10.3. The summed E-state index contributed by atoms with van der Waals surface area (Å²) in [5.74, 6) is -3.76. The Morgan fingerprint density at radius 2 is 1.76 bits per heavy atom. The van der Waals surface area contributed by atoms with Gasteiger partial charge in [-0.1, -0.05) is 0 Å². The van der Waals surface area contributed by atoms with Crippen molar-refractivity contribution in [3.63, 3.8) is 0 Å².